The van der Waals surface area contributed by atoms with E-state index in [2.05, 4.69) is 15.5 Å². The minimum absolute atomic E-state index is 0.0839. The van der Waals surface area contributed by atoms with E-state index in [-0.39, 0.29) is 11.2 Å². The Kier molecular flexibility index (Phi) is 3.16. The average Bonchev–Trinajstić information content (AvgIpc) is 2.95. The van der Waals surface area contributed by atoms with Gasteiger partial charge in [0.25, 0.3) is 5.91 Å². The van der Waals surface area contributed by atoms with Gasteiger partial charge in [0.1, 0.15) is 11.0 Å². The Labute approximate surface area is 118 Å². The van der Waals surface area contributed by atoms with E-state index in [4.69, 9.17) is 4.74 Å². The molecule has 1 aliphatic heterocycles. The number of carbonyl (C=O) groups excluding carboxylic acids is 1. The van der Waals surface area contributed by atoms with Gasteiger partial charge in [-0.15, -0.1) is 11.3 Å². The van der Waals surface area contributed by atoms with Gasteiger partial charge in [-0.05, 0) is 19.1 Å². The van der Waals surface area contributed by atoms with Crippen LogP contribution in [-0.2, 0) is 4.79 Å². The first-order valence-electron chi connectivity index (χ1n) is 5.62. The second kappa shape index (κ2) is 4.82. The van der Waals surface area contributed by atoms with E-state index >= 15 is 0 Å². The van der Waals surface area contributed by atoms with Crippen molar-refractivity contribution in [2.45, 2.75) is 16.5 Å². The summed E-state index contributed by atoms with van der Waals surface area (Å²) in [7, 11) is 1.63. The smallest absolute Gasteiger partial charge is 0.259 e. The highest BCUT2D eigenvalue weighted by Gasteiger charge is 2.29. The zero-order chi connectivity index (χ0) is 13.4. The van der Waals surface area contributed by atoms with Gasteiger partial charge in [0.2, 0.25) is 0 Å². The van der Waals surface area contributed by atoms with E-state index in [1.165, 1.54) is 11.8 Å². The van der Waals surface area contributed by atoms with Gasteiger partial charge in [0.05, 0.1) is 23.0 Å². The van der Waals surface area contributed by atoms with Gasteiger partial charge in [-0.2, -0.15) is 5.10 Å². The van der Waals surface area contributed by atoms with Gasteiger partial charge in [-0.1, -0.05) is 11.8 Å². The molecule has 3 rings (SSSR count). The summed E-state index contributed by atoms with van der Waals surface area (Å²) in [5, 5.41) is 3.65. The topological polar surface area (TPSA) is 63.6 Å². The van der Waals surface area contributed by atoms with Gasteiger partial charge in [-0.25, -0.2) is 10.4 Å². The largest absolute Gasteiger partial charge is 0.497 e. The number of aromatic nitrogens is 1. The minimum atomic E-state index is -0.276. The summed E-state index contributed by atoms with van der Waals surface area (Å²) in [6.07, 6.45) is 0. The number of benzene rings is 1. The van der Waals surface area contributed by atoms with Crippen molar-refractivity contribution >= 4 is 44.9 Å². The SMILES string of the molecule is COc1ccc2sc(SC3C(=O)NN=C3C)nc2c1. The zero-order valence-corrected chi connectivity index (χ0v) is 12.0. The van der Waals surface area contributed by atoms with E-state index in [1.54, 1.807) is 18.4 Å². The molecule has 1 unspecified atom stereocenters. The molecular formula is C12H11N3O2S2. The third-order valence-corrected chi connectivity index (χ3v) is 5.21. The summed E-state index contributed by atoms with van der Waals surface area (Å²) in [5.41, 5.74) is 4.15. The molecule has 1 atom stereocenters. The third-order valence-electron chi connectivity index (χ3n) is 2.75. The van der Waals surface area contributed by atoms with Crippen LogP contribution < -0.4 is 10.2 Å². The monoisotopic (exact) mass is 293 g/mol. The molecule has 1 aliphatic rings. The van der Waals surface area contributed by atoms with E-state index in [9.17, 15) is 4.79 Å². The highest BCUT2D eigenvalue weighted by atomic mass is 32.2. The number of rotatable bonds is 3. The number of amides is 1. The predicted octanol–water partition coefficient (Wildman–Crippen LogP) is 2.27. The maximum Gasteiger partial charge on any atom is 0.259 e. The number of methoxy groups -OCH3 is 1. The molecule has 0 fully saturated rings. The molecular weight excluding hydrogens is 282 g/mol. The zero-order valence-electron chi connectivity index (χ0n) is 10.3. The first kappa shape index (κ1) is 12.4. The maximum absolute atomic E-state index is 11.6. The molecule has 0 aliphatic carbocycles. The van der Waals surface area contributed by atoms with Crippen molar-refractivity contribution in [2.75, 3.05) is 7.11 Å². The molecule has 0 bridgehead atoms. The molecule has 0 radical (unpaired) electrons. The Morgan fingerprint density at radius 1 is 1.47 bits per heavy atom. The number of hydrogen-bond donors (Lipinski definition) is 1. The van der Waals surface area contributed by atoms with Crippen LogP contribution in [-0.4, -0.2) is 29.0 Å². The standard InChI is InChI=1S/C12H11N3O2S2/c1-6-10(11(16)15-14-6)19-12-13-8-5-7(17-2)3-4-9(8)18-12/h3-5,10H,1-2H3,(H,15,16). The molecule has 0 spiro atoms. The number of fused-ring (bicyclic) bond motifs is 1. The van der Waals surface area contributed by atoms with Crippen molar-refractivity contribution in [1.82, 2.24) is 10.4 Å². The van der Waals surface area contributed by atoms with Crippen LogP contribution in [0.3, 0.4) is 0 Å². The fourth-order valence-corrected chi connectivity index (χ4v) is 3.92. The van der Waals surface area contributed by atoms with Crippen LogP contribution in [0.5, 0.6) is 5.75 Å². The number of carbonyl (C=O) groups is 1. The number of nitrogens with one attached hydrogen (secondary N) is 1. The average molecular weight is 293 g/mol. The molecule has 1 amide bonds. The number of ether oxygens (including phenoxy) is 1. The molecule has 1 N–H and O–H groups in total. The summed E-state index contributed by atoms with van der Waals surface area (Å²) < 4.78 is 7.11. The molecule has 7 heteroatoms. The molecule has 19 heavy (non-hydrogen) atoms. The Morgan fingerprint density at radius 3 is 3.00 bits per heavy atom. The number of thioether (sulfide) groups is 1. The van der Waals surface area contributed by atoms with Crippen molar-refractivity contribution in [3.63, 3.8) is 0 Å². The predicted molar refractivity (Wildman–Crippen MR) is 77.1 cm³/mol. The number of nitrogens with zero attached hydrogens (tertiary/aromatic N) is 2. The first-order valence-corrected chi connectivity index (χ1v) is 7.32. The van der Waals surface area contributed by atoms with Gasteiger partial charge in [-0.3, -0.25) is 4.79 Å². The molecule has 1 aromatic heterocycles. The summed E-state index contributed by atoms with van der Waals surface area (Å²) in [6.45, 7) is 1.84. The van der Waals surface area contributed by atoms with Crippen LogP contribution >= 0.6 is 23.1 Å². The van der Waals surface area contributed by atoms with Crippen LogP contribution in [0.2, 0.25) is 0 Å². The molecule has 98 valence electrons. The van der Waals surface area contributed by atoms with Crippen LogP contribution in [0, 0.1) is 0 Å². The van der Waals surface area contributed by atoms with Crippen LogP contribution in [0.25, 0.3) is 10.2 Å². The van der Waals surface area contributed by atoms with Crippen LogP contribution in [0.1, 0.15) is 6.92 Å². The highest BCUT2D eigenvalue weighted by Crippen LogP contribution is 2.34. The summed E-state index contributed by atoms with van der Waals surface area (Å²) >= 11 is 3.00. The molecule has 2 aromatic rings. The van der Waals surface area contributed by atoms with Crippen molar-refractivity contribution in [3.8, 4) is 5.75 Å². The fourth-order valence-electron chi connectivity index (χ4n) is 1.75. The molecule has 0 saturated heterocycles. The van der Waals surface area contributed by atoms with E-state index < -0.39 is 0 Å². The molecule has 5 nitrogen and oxygen atoms in total. The van der Waals surface area contributed by atoms with Crippen molar-refractivity contribution in [1.29, 1.82) is 0 Å². The Balaban J connectivity index is 1.89. The number of thiazole rings is 1. The Morgan fingerprint density at radius 2 is 2.32 bits per heavy atom. The Bertz CT molecular complexity index is 681. The third kappa shape index (κ3) is 2.31. The van der Waals surface area contributed by atoms with Crippen molar-refractivity contribution in [2.24, 2.45) is 5.10 Å². The lowest BCUT2D eigenvalue weighted by Gasteiger charge is -2.03. The van der Waals surface area contributed by atoms with Gasteiger partial charge in [0, 0.05) is 6.07 Å². The van der Waals surface area contributed by atoms with E-state index in [1.807, 2.05) is 25.1 Å². The summed E-state index contributed by atoms with van der Waals surface area (Å²) in [5.74, 6) is 0.699. The highest BCUT2D eigenvalue weighted by molar-refractivity contribution is 8.03. The van der Waals surface area contributed by atoms with Crippen molar-refractivity contribution < 1.29 is 9.53 Å². The lowest BCUT2D eigenvalue weighted by Crippen LogP contribution is -2.24. The van der Waals surface area contributed by atoms with Gasteiger partial charge < -0.3 is 4.74 Å². The normalized spacial score (nSPS) is 18.5. The summed E-state index contributed by atoms with van der Waals surface area (Å²) in [4.78, 5) is 16.1. The molecule has 1 aromatic carbocycles. The van der Waals surface area contributed by atoms with Gasteiger partial charge >= 0.3 is 0 Å². The molecule has 2 heterocycles. The van der Waals surface area contributed by atoms with Gasteiger partial charge in [0.15, 0.2) is 4.34 Å². The first-order chi connectivity index (χ1) is 9.17. The lowest BCUT2D eigenvalue weighted by atomic mass is 10.3. The number of hydrogen-bond acceptors (Lipinski definition) is 6. The second-order valence-electron chi connectivity index (χ2n) is 4.04. The maximum atomic E-state index is 11.6. The lowest BCUT2D eigenvalue weighted by molar-refractivity contribution is -0.118. The second-order valence-corrected chi connectivity index (χ2v) is 6.42. The van der Waals surface area contributed by atoms with E-state index in [0.717, 1.165) is 26.0 Å². The van der Waals surface area contributed by atoms with Crippen LogP contribution in [0.15, 0.2) is 27.6 Å². The van der Waals surface area contributed by atoms with Crippen LogP contribution in [0.4, 0.5) is 0 Å². The molecule has 0 saturated carbocycles. The fraction of sp³-hybridized carbons (Fsp3) is 0.250. The number of hydrazone groups is 1. The summed E-state index contributed by atoms with van der Waals surface area (Å²) in [6, 6.07) is 5.78. The quantitative estimate of drug-likeness (QED) is 0.943. The van der Waals surface area contributed by atoms with E-state index in [0.29, 0.717) is 0 Å². The minimum Gasteiger partial charge on any atom is -0.497 e. The Hall–Kier alpha value is -1.60. The van der Waals surface area contributed by atoms with Crippen molar-refractivity contribution in [3.05, 3.63) is 18.2 Å².